The van der Waals surface area contributed by atoms with Crippen molar-refractivity contribution in [3.63, 3.8) is 0 Å². The summed E-state index contributed by atoms with van der Waals surface area (Å²) in [5, 5.41) is 3.11. The molecule has 0 radical (unpaired) electrons. The number of rotatable bonds is 5. The topological polar surface area (TPSA) is 35.6 Å². The molecule has 1 amide bonds. The normalized spacial score (nSPS) is 13.1. The fraction of sp³-hybridized carbons (Fsp3) is 0.889. The van der Waals surface area contributed by atoms with Crippen LogP contribution >= 0.6 is 0 Å². The number of nitrogens with one attached hydrogen (secondary N) is 1. The predicted octanol–water partition coefficient (Wildman–Crippen LogP) is -0.386. The lowest BCUT2D eigenvalue weighted by Gasteiger charge is -2.20. The van der Waals surface area contributed by atoms with Gasteiger partial charge in [-0.25, -0.2) is 0 Å². The van der Waals surface area contributed by atoms with E-state index in [9.17, 15) is 4.79 Å². The smallest absolute Gasteiger partial charge is 0.236 e. The summed E-state index contributed by atoms with van der Waals surface area (Å²) < 4.78 is 0. The summed E-state index contributed by atoms with van der Waals surface area (Å²) in [5.74, 6) is 0.117. The highest BCUT2D eigenvalue weighted by Gasteiger charge is 2.06. The Morgan fingerprint density at radius 1 is 1.31 bits per heavy atom. The molecule has 0 rings (SSSR count). The van der Waals surface area contributed by atoms with Gasteiger partial charge < -0.3 is 15.1 Å². The number of carbonyl (C=O) groups is 1. The van der Waals surface area contributed by atoms with Crippen molar-refractivity contribution in [2.24, 2.45) is 0 Å². The molecule has 0 fully saturated rings. The van der Waals surface area contributed by atoms with E-state index in [2.05, 4.69) is 17.1 Å². The van der Waals surface area contributed by atoms with Crippen molar-refractivity contribution in [1.29, 1.82) is 0 Å². The molecule has 4 heteroatoms. The molecule has 13 heavy (non-hydrogen) atoms. The summed E-state index contributed by atoms with van der Waals surface area (Å²) in [4.78, 5) is 14.9. The third kappa shape index (κ3) is 5.60. The summed E-state index contributed by atoms with van der Waals surface area (Å²) in [6.45, 7) is 3.38. The third-order valence-corrected chi connectivity index (χ3v) is 2.10. The van der Waals surface area contributed by atoms with Crippen LogP contribution in [0.15, 0.2) is 0 Å². The number of amides is 1. The zero-order chi connectivity index (χ0) is 10.4. The molecule has 4 nitrogen and oxygen atoms in total. The summed E-state index contributed by atoms with van der Waals surface area (Å²) in [5.41, 5.74) is 0. The first-order valence-corrected chi connectivity index (χ1v) is 4.52. The molecule has 0 saturated carbocycles. The Labute approximate surface area is 80.9 Å². The maximum absolute atomic E-state index is 11.1. The SMILES string of the molecule is CC(CNCC(=O)N(C)C)N(C)C. The number of likely N-dealkylation sites (N-methyl/N-ethyl adjacent to an activating group) is 2. The monoisotopic (exact) mass is 187 g/mol. The van der Waals surface area contributed by atoms with E-state index >= 15 is 0 Å². The van der Waals surface area contributed by atoms with Gasteiger partial charge in [-0.2, -0.15) is 0 Å². The first kappa shape index (κ1) is 12.4. The van der Waals surface area contributed by atoms with Crippen molar-refractivity contribution in [3.05, 3.63) is 0 Å². The maximum Gasteiger partial charge on any atom is 0.236 e. The molecule has 0 bridgehead atoms. The van der Waals surface area contributed by atoms with Crippen LogP contribution in [-0.4, -0.2) is 63.0 Å². The van der Waals surface area contributed by atoms with Crippen molar-refractivity contribution in [3.8, 4) is 0 Å². The van der Waals surface area contributed by atoms with Crippen LogP contribution in [0.25, 0.3) is 0 Å². The lowest BCUT2D eigenvalue weighted by molar-refractivity contribution is -0.127. The van der Waals surface area contributed by atoms with Crippen molar-refractivity contribution in [1.82, 2.24) is 15.1 Å². The summed E-state index contributed by atoms with van der Waals surface area (Å²) in [7, 11) is 7.58. The van der Waals surface area contributed by atoms with Gasteiger partial charge in [-0.3, -0.25) is 4.79 Å². The quantitative estimate of drug-likeness (QED) is 0.637. The second-order valence-corrected chi connectivity index (χ2v) is 3.73. The van der Waals surface area contributed by atoms with Gasteiger partial charge in [0.1, 0.15) is 0 Å². The Hall–Kier alpha value is -0.610. The highest BCUT2D eigenvalue weighted by atomic mass is 16.2. The fourth-order valence-electron chi connectivity index (χ4n) is 0.729. The van der Waals surface area contributed by atoms with E-state index in [0.29, 0.717) is 12.6 Å². The molecule has 0 aliphatic carbocycles. The van der Waals surface area contributed by atoms with Gasteiger partial charge >= 0.3 is 0 Å². The molecule has 0 heterocycles. The largest absolute Gasteiger partial charge is 0.348 e. The summed E-state index contributed by atoms with van der Waals surface area (Å²) in [6, 6.07) is 0.454. The Morgan fingerprint density at radius 2 is 1.85 bits per heavy atom. The lowest BCUT2D eigenvalue weighted by Crippen LogP contribution is -2.40. The van der Waals surface area contributed by atoms with Gasteiger partial charge in [-0.1, -0.05) is 0 Å². The van der Waals surface area contributed by atoms with Crippen molar-refractivity contribution in [2.75, 3.05) is 41.3 Å². The Balaban J connectivity index is 3.51. The standard InChI is InChI=1S/C9H21N3O/c1-8(11(2)3)6-10-7-9(13)12(4)5/h8,10H,6-7H2,1-5H3. The van der Waals surface area contributed by atoms with Crippen LogP contribution in [0.2, 0.25) is 0 Å². The van der Waals surface area contributed by atoms with Crippen LogP contribution in [0.3, 0.4) is 0 Å². The molecular weight excluding hydrogens is 166 g/mol. The molecule has 78 valence electrons. The van der Waals surface area contributed by atoms with Crippen LogP contribution < -0.4 is 5.32 Å². The van der Waals surface area contributed by atoms with E-state index in [0.717, 1.165) is 6.54 Å². The lowest BCUT2D eigenvalue weighted by atomic mass is 10.3. The molecule has 1 N–H and O–H groups in total. The maximum atomic E-state index is 11.1. The van der Waals surface area contributed by atoms with Gasteiger partial charge in [-0.05, 0) is 21.0 Å². The van der Waals surface area contributed by atoms with E-state index in [1.807, 2.05) is 14.1 Å². The van der Waals surface area contributed by atoms with Crippen LogP contribution in [-0.2, 0) is 4.79 Å². The number of hydrogen-bond donors (Lipinski definition) is 1. The van der Waals surface area contributed by atoms with E-state index in [4.69, 9.17) is 0 Å². The molecular formula is C9H21N3O. The molecule has 0 aliphatic heterocycles. The van der Waals surface area contributed by atoms with Crippen molar-refractivity contribution in [2.45, 2.75) is 13.0 Å². The van der Waals surface area contributed by atoms with Crippen LogP contribution in [0.5, 0.6) is 0 Å². The fourth-order valence-corrected chi connectivity index (χ4v) is 0.729. The van der Waals surface area contributed by atoms with E-state index in [1.54, 1.807) is 19.0 Å². The van der Waals surface area contributed by atoms with Crippen LogP contribution in [0, 0.1) is 0 Å². The number of carbonyl (C=O) groups excluding carboxylic acids is 1. The number of nitrogens with zero attached hydrogens (tertiary/aromatic N) is 2. The van der Waals surface area contributed by atoms with Gasteiger partial charge in [0.25, 0.3) is 0 Å². The van der Waals surface area contributed by atoms with E-state index < -0.39 is 0 Å². The first-order chi connectivity index (χ1) is 5.95. The van der Waals surface area contributed by atoms with Gasteiger partial charge in [0.15, 0.2) is 0 Å². The minimum Gasteiger partial charge on any atom is -0.348 e. The molecule has 1 unspecified atom stereocenters. The summed E-state index contributed by atoms with van der Waals surface area (Å²) >= 11 is 0. The molecule has 0 spiro atoms. The molecule has 0 aromatic heterocycles. The second kappa shape index (κ2) is 5.94. The van der Waals surface area contributed by atoms with E-state index in [1.165, 1.54) is 0 Å². The predicted molar refractivity (Wildman–Crippen MR) is 54.7 cm³/mol. The van der Waals surface area contributed by atoms with Crippen molar-refractivity contribution < 1.29 is 4.79 Å². The number of hydrogen-bond acceptors (Lipinski definition) is 3. The van der Waals surface area contributed by atoms with Gasteiger partial charge in [0.2, 0.25) is 5.91 Å². The van der Waals surface area contributed by atoms with E-state index in [-0.39, 0.29) is 5.91 Å². The van der Waals surface area contributed by atoms with Crippen molar-refractivity contribution >= 4 is 5.91 Å². The minimum atomic E-state index is 0.117. The minimum absolute atomic E-state index is 0.117. The molecule has 0 aromatic carbocycles. The highest BCUT2D eigenvalue weighted by molar-refractivity contribution is 5.77. The first-order valence-electron chi connectivity index (χ1n) is 4.52. The molecule has 0 aromatic rings. The highest BCUT2D eigenvalue weighted by Crippen LogP contribution is 1.87. The summed E-state index contributed by atoms with van der Waals surface area (Å²) in [6.07, 6.45) is 0. The second-order valence-electron chi connectivity index (χ2n) is 3.73. The Kier molecular flexibility index (Phi) is 5.66. The van der Waals surface area contributed by atoms with Gasteiger partial charge in [-0.15, -0.1) is 0 Å². The van der Waals surface area contributed by atoms with Gasteiger partial charge in [0.05, 0.1) is 6.54 Å². The molecule has 1 atom stereocenters. The van der Waals surface area contributed by atoms with Crippen LogP contribution in [0.4, 0.5) is 0 Å². The Bertz CT molecular complexity index is 157. The average molecular weight is 187 g/mol. The van der Waals surface area contributed by atoms with Gasteiger partial charge in [0, 0.05) is 26.7 Å². The Morgan fingerprint density at radius 3 is 2.23 bits per heavy atom. The third-order valence-electron chi connectivity index (χ3n) is 2.10. The zero-order valence-corrected chi connectivity index (χ0v) is 9.29. The zero-order valence-electron chi connectivity index (χ0n) is 9.29. The van der Waals surface area contributed by atoms with Crippen LogP contribution in [0.1, 0.15) is 6.92 Å². The molecule has 0 saturated heterocycles. The molecule has 0 aliphatic rings. The average Bonchev–Trinajstić information content (AvgIpc) is 2.03.